The molecule has 1 fully saturated rings. The second-order valence-electron chi connectivity index (χ2n) is 3.74. The van der Waals surface area contributed by atoms with Crippen LogP contribution < -0.4 is 0 Å². The Morgan fingerprint density at radius 1 is 1.09 bits per heavy atom. The topological polar surface area (TPSA) is 18.5 Å². The molecule has 66 valence electrons. The Bertz CT molecular complexity index is 110. The summed E-state index contributed by atoms with van der Waals surface area (Å²) >= 11 is 0. The maximum absolute atomic E-state index is 5.56. The summed E-state index contributed by atoms with van der Waals surface area (Å²) in [6.07, 6.45) is 1.58. The molecule has 0 spiro atoms. The molecule has 2 unspecified atom stereocenters. The highest BCUT2D eigenvalue weighted by Gasteiger charge is 2.29. The minimum atomic E-state index is 0.0417. The highest BCUT2D eigenvalue weighted by Crippen LogP contribution is 2.22. The standard InChI is InChI=1S/C9H18O2/c1-6(2)5-9-10-7(3)8(4)11-9/h6-9H,5H2,1-4H3. The van der Waals surface area contributed by atoms with E-state index in [4.69, 9.17) is 9.47 Å². The predicted molar refractivity (Wildman–Crippen MR) is 44.3 cm³/mol. The molecule has 1 saturated heterocycles. The van der Waals surface area contributed by atoms with Gasteiger partial charge in [-0.25, -0.2) is 0 Å². The van der Waals surface area contributed by atoms with E-state index in [0.29, 0.717) is 5.92 Å². The Labute approximate surface area is 68.9 Å². The Kier molecular flexibility index (Phi) is 2.90. The lowest BCUT2D eigenvalue weighted by Crippen LogP contribution is -2.13. The minimum absolute atomic E-state index is 0.0417. The molecule has 2 heteroatoms. The molecular formula is C9H18O2. The van der Waals surface area contributed by atoms with Crippen molar-refractivity contribution >= 4 is 0 Å². The molecular weight excluding hydrogens is 140 g/mol. The minimum Gasteiger partial charge on any atom is -0.347 e. The Morgan fingerprint density at radius 2 is 1.55 bits per heavy atom. The molecule has 0 aromatic carbocycles. The van der Waals surface area contributed by atoms with Gasteiger partial charge in [-0.3, -0.25) is 0 Å². The quantitative estimate of drug-likeness (QED) is 0.613. The molecule has 11 heavy (non-hydrogen) atoms. The van der Waals surface area contributed by atoms with Gasteiger partial charge in [0.05, 0.1) is 12.2 Å². The maximum atomic E-state index is 5.56. The summed E-state index contributed by atoms with van der Waals surface area (Å²) in [5, 5.41) is 0. The smallest absolute Gasteiger partial charge is 0.158 e. The highest BCUT2D eigenvalue weighted by molar-refractivity contribution is 4.69. The molecule has 2 atom stereocenters. The van der Waals surface area contributed by atoms with Crippen molar-refractivity contribution in [2.75, 3.05) is 0 Å². The van der Waals surface area contributed by atoms with Crippen molar-refractivity contribution in [1.29, 1.82) is 0 Å². The number of ether oxygens (including phenoxy) is 2. The van der Waals surface area contributed by atoms with Crippen molar-refractivity contribution in [3.05, 3.63) is 0 Å². The number of hydrogen-bond donors (Lipinski definition) is 0. The molecule has 2 nitrogen and oxygen atoms in total. The molecule has 1 aliphatic rings. The molecule has 0 N–H and O–H groups in total. The zero-order valence-electron chi connectivity index (χ0n) is 7.83. The normalized spacial score (nSPS) is 38.5. The fourth-order valence-corrected chi connectivity index (χ4v) is 1.23. The van der Waals surface area contributed by atoms with E-state index in [2.05, 4.69) is 27.7 Å². The predicted octanol–water partition coefficient (Wildman–Crippen LogP) is 2.18. The van der Waals surface area contributed by atoms with Crippen molar-refractivity contribution in [3.8, 4) is 0 Å². The third kappa shape index (κ3) is 2.46. The average molecular weight is 158 g/mol. The molecule has 0 bridgehead atoms. The van der Waals surface area contributed by atoms with Gasteiger partial charge in [-0.1, -0.05) is 13.8 Å². The summed E-state index contributed by atoms with van der Waals surface area (Å²) in [6.45, 7) is 8.48. The van der Waals surface area contributed by atoms with Crippen LogP contribution in [0.2, 0.25) is 0 Å². The first-order valence-electron chi connectivity index (χ1n) is 4.40. The molecule has 0 aliphatic carbocycles. The van der Waals surface area contributed by atoms with Crippen LogP contribution in [0, 0.1) is 5.92 Å². The van der Waals surface area contributed by atoms with Gasteiger partial charge < -0.3 is 9.47 Å². The first-order chi connectivity index (χ1) is 5.09. The van der Waals surface area contributed by atoms with E-state index >= 15 is 0 Å². The summed E-state index contributed by atoms with van der Waals surface area (Å²) in [6, 6.07) is 0. The first kappa shape index (κ1) is 9.01. The van der Waals surface area contributed by atoms with Gasteiger partial charge >= 0.3 is 0 Å². The van der Waals surface area contributed by atoms with Crippen LogP contribution >= 0.6 is 0 Å². The largest absolute Gasteiger partial charge is 0.347 e. The lowest BCUT2D eigenvalue weighted by atomic mass is 10.1. The molecule has 0 aromatic rings. The van der Waals surface area contributed by atoms with E-state index in [1.807, 2.05) is 0 Å². The van der Waals surface area contributed by atoms with Crippen molar-refractivity contribution in [2.45, 2.75) is 52.6 Å². The molecule has 0 amide bonds. The zero-order chi connectivity index (χ0) is 8.43. The highest BCUT2D eigenvalue weighted by atomic mass is 16.7. The number of rotatable bonds is 2. The lowest BCUT2D eigenvalue weighted by molar-refractivity contribution is -0.0737. The molecule has 0 saturated carbocycles. The first-order valence-corrected chi connectivity index (χ1v) is 4.40. The van der Waals surface area contributed by atoms with E-state index in [0.717, 1.165) is 6.42 Å². The van der Waals surface area contributed by atoms with Crippen molar-refractivity contribution in [2.24, 2.45) is 5.92 Å². The lowest BCUT2D eigenvalue weighted by Gasteiger charge is -2.11. The van der Waals surface area contributed by atoms with Crippen molar-refractivity contribution in [3.63, 3.8) is 0 Å². The van der Waals surface area contributed by atoms with Gasteiger partial charge in [-0.15, -0.1) is 0 Å². The van der Waals surface area contributed by atoms with Crippen LogP contribution in [-0.4, -0.2) is 18.5 Å². The summed E-state index contributed by atoms with van der Waals surface area (Å²) in [7, 11) is 0. The van der Waals surface area contributed by atoms with E-state index in [-0.39, 0.29) is 18.5 Å². The number of hydrogen-bond acceptors (Lipinski definition) is 2. The molecule has 0 aromatic heterocycles. The Hall–Kier alpha value is -0.0800. The fraction of sp³-hybridized carbons (Fsp3) is 1.00. The average Bonchev–Trinajstić information content (AvgIpc) is 2.10. The summed E-state index contributed by atoms with van der Waals surface area (Å²) < 4.78 is 11.1. The molecule has 0 radical (unpaired) electrons. The SMILES string of the molecule is CC(C)CC1OC(C)C(C)O1. The Balaban J connectivity index is 2.29. The molecule has 1 aliphatic heterocycles. The monoisotopic (exact) mass is 158 g/mol. The third-order valence-corrected chi connectivity index (χ3v) is 2.06. The second kappa shape index (κ2) is 3.55. The van der Waals surface area contributed by atoms with Crippen LogP contribution in [0.3, 0.4) is 0 Å². The van der Waals surface area contributed by atoms with Crippen LogP contribution in [0.25, 0.3) is 0 Å². The van der Waals surface area contributed by atoms with Crippen molar-refractivity contribution < 1.29 is 9.47 Å². The van der Waals surface area contributed by atoms with Crippen LogP contribution in [0.1, 0.15) is 34.1 Å². The van der Waals surface area contributed by atoms with E-state index < -0.39 is 0 Å². The summed E-state index contributed by atoms with van der Waals surface area (Å²) in [4.78, 5) is 0. The maximum Gasteiger partial charge on any atom is 0.158 e. The van der Waals surface area contributed by atoms with Crippen LogP contribution in [0.5, 0.6) is 0 Å². The van der Waals surface area contributed by atoms with E-state index in [9.17, 15) is 0 Å². The van der Waals surface area contributed by atoms with Gasteiger partial charge in [0.15, 0.2) is 6.29 Å². The second-order valence-corrected chi connectivity index (χ2v) is 3.74. The molecule has 1 rings (SSSR count). The zero-order valence-corrected chi connectivity index (χ0v) is 7.83. The van der Waals surface area contributed by atoms with Gasteiger partial charge in [0.25, 0.3) is 0 Å². The van der Waals surface area contributed by atoms with Gasteiger partial charge in [0.2, 0.25) is 0 Å². The molecule has 1 heterocycles. The van der Waals surface area contributed by atoms with E-state index in [1.165, 1.54) is 0 Å². The van der Waals surface area contributed by atoms with Crippen molar-refractivity contribution in [1.82, 2.24) is 0 Å². The van der Waals surface area contributed by atoms with Crippen LogP contribution in [0.4, 0.5) is 0 Å². The summed E-state index contributed by atoms with van der Waals surface area (Å²) in [5.74, 6) is 0.650. The summed E-state index contributed by atoms with van der Waals surface area (Å²) in [5.41, 5.74) is 0. The third-order valence-electron chi connectivity index (χ3n) is 2.06. The van der Waals surface area contributed by atoms with Crippen LogP contribution in [-0.2, 0) is 9.47 Å². The Morgan fingerprint density at radius 3 is 1.91 bits per heavy atom. The van der Waals surface area contributed by atoms with Gasteiger partial charge in [-0.2, -0.15) is 0 Å². The van der Waals surface area contributed by atoms with E-state index in [1.54, 1.807) is 0 Å². The van der Waals surface area contributed by atoms with Gasteiger partial charge in [-0.05, 0) is 19.8 Å². The van der Waals surface area contributed by atoms with Gasteiger partial charge in [0, 0.05) is 6.42 Å². The fourth-order valence-electron chi connectivity index (χ4n) is 1.23. The van der Waals surface area contributed by atoms with Gasteiger partial charge in [0.1, 0.15) is 0 Å². The van der Waals surface area contributed by atoms with Crippen LogP contribution in [0.15, 0.2) is 0 Å².